The van der Waals surface area contributed by atoms with Crippen molar-refractivity contribution in [3.63, 3.8) is 0 Å². The second-order valence-corrected chi connectivity index (χ2v) is 3.29. The Morgan fingerprint density at radius 2 is 2.35 bits per heavy atom. The van der Waals surface area contributed by atoms with Gasteiger partial charge in [-0.2, -0.15) is 0 Å². The summed E-state index contributed by atoms with van der Waals surface area (Å²) in [5.74, 6) is -0.186. The number of aliphatic carboxylic acids is 1. The predicted octanol–water partition coefficient (Wildman–Crippen LogP) is 0.359. The molecule has 17 heavy (non-hydrogen) atoms. The summed E-state index contributed by atoms with van der Waals surface area (Å²) in [7, 11) is 0. The van der Waals surface area contributed by atoms with Crippen LogP contribution in [0.5, 0.6) is 0 Å². The van der Waals surface area contributed by atoms with Gasteiger partial charge in [-0.25, -0.2) is 20.1 Å². The molecule has 1 aromatic rings. The van der Waals surface area contributed by atoms with Gasteiger partial charge < -0.3 is 14.8 Å². The van der Waals surface area contributed by atoms with Gasteiger partial charge in [0.15, 0.2) is 6.61 Å². The minimum Gasteiger partial charge on any atom is -0.479 e. The normalized spacial score (nSPS) is 11.9. The molecule has 0 radical (unpaired) electrons. The van der Waals surface area contributed by atoms with Gasteiger partial charge in [-0.15, -0.1) is 0 Å². The first-order valence-electron chi connectivity index (χ1n) is 4.81. The second-order valence-electron chi connectivity index (χ2n) is 3.29. The fourth-order valence-corrected chi connectivity index (χ4v) is 1.02. The SMILES string of the molecule is Cc1cnc(C(C)NC(=O)NOCC(=O)O)o1. The number of urea groups is 1. The molecule has 1 heterocycles. The molecule has 0 aromatic carbocycles. The van der Waals surface area contributed by atoms with Crippen LogP contribution in [-0.2, 0) is 9.63 Å². The average Bonchev–Trinajstić information content (AvgIpc) is 2.64. The highest BCUT2D eigenvalue weighted by atomic mass is 16.7. The lowest BCUT2D eigenvalue weighted by molar-refractivity contribution is -0.144. The van der Waals surface area contributed by atoms with Crippen LogP contribution in [0, 0.1) is 6.92 Å². The summed E-state index contributed by atoms with van der Waals surface area (Å²) in [5, 5.41) is 10.7. The van der Waals surface area contributed by atoms with E-state index in [0.29, 0.717) is 11.7 Å². The van der Waals surface area contributed by atoms with Crippen molar-refractivity contribution in [2.24, 2.45) is 0 Å². The molecule has 0 bridgehead atoms. The second kappa shape index (κ2) is 5.85. The lowest BCUT2D eigenvalue weighted by Crippen LogP contribution is -2.38. The fraction of sp³-hybridized carbons (Fsp3) is 0.444. The molecule has 8 heteroatoms. The molecule has 1 rings (SSSR count). The molecule has 0 saturated heterocycles. The van der Waals surface area contributed by atoms with Crippen molar-refractivity contribution in [3.8, 4) is 0 Å². The van der Waals surface area contributed by atoms with Crippen molar-refractivity contribution < 1.29 is 24.0 Å². The predicted molar refractivity (Wildman–Crippen MR) is 54.9 cm³/mol. The monoisotopic (exact) mass is 243 g/mol. The number of amides is 2. The zero-order valence-electron chi connectivity index (χ0n) is 9.39. The number of carbonyl (C=O) groups is 2. The molecule has 0 aliphatic heterocycles. The Bertz CT molecular complexity index is 403. The smallest absolute Gasteiger partial charge is 0.339 e. The third-order valence-corrected chi connectivity index (χ3v) is 1.72. The number of hydrogen-bond donors (Lipinski definition) is 3. The molecule has 1 atom stereocenters. The highest BCUT2D eigenvalue weighted by molar-refractivity contribution is 5.73. The maximum absolute atomic E-state index is 11.2. The number of hydroxylamine groups is 1. The first kappa shape index (κ1) is 13.0. The Morgan fingerprint density at radius 1 is 1.65 bits per heavy atom. The summed E-state index contributed by atoms with van der Waals surface area (Å²) in [6, 6.07) is -1.12. The fourth-order valence-electron chi connectivity index (χ4n) is 1.02. The van der Waals surface area contributed by atoms with Crippen molar-refractivity contribution in [2.75, 3.05) is 6.61 Å². The first-order chi connectivity index (χ1) is 7.99. The van der Waals surface area contributed by atoms with Gasteiger partial charge in [0.05, 0.1) is 6.20 Å². The van der Waals surface area contributed by atoms with Crippen LogP contribution in [0.1, 0.15) is 24.6 Å². The molecule has 1 unspecified atom stereocenters. The standard InChI is InChI=1S/C9H13N3O5/c1-5-3-10-8(17-5)6(2)11-9(15)12-16-4-7(13)14/h3,6H,4H2,1-2H3,(H,13,14)(H2,11,12,15). The van der Waals surface area contributed by atoms with Crippen molar-refractivity contribution in [2.45, 2.75) is 19.9 Å². The molecule has 0 aliphatic rings. The van der Waals surface area contributed by atoms with Crippen LogP contribution >= 0.6 is 0 Å². The Morgan fingerprint density at radius 3 is 2.88 bits per heavy atom. The molecule has 0 aliphatic carbocycles. The van der Waals surface area contributed by atoms with Gasteiger partial charge in [-0.05, 0) is 13.8 Å². The van der Waals surface area contributed by atoms with Crippen LogP contribution in [0.3, 0.4) is 0 Å². The van der Waals surface area contributed by atoms with Crippen LogP contribution < -0.4 is 10.8 Å². The third kappa shape index (κ3) is 4.51. The number of oxazole rings is 1. The summed E-state index contributed by atoms with van der Waals surface area (Å²) in [6.07, 6.45) is 1.53. The summed E-state index contributed by atoms with van der Waals surface area (Å²) in [5.41, 5.74) is 1.92. The zero-order chi connectivity index (χ0) is 12.8. The molecule has 1 aromatic heterocycles. The molecule has 2 amide bonds. The number of hydrogen-bond acceptors (Lipinski definition) is 5. The van der Waals surface area contributed by atoms with Crippen LogP contribution in [-0.4, -0.2) is 28.7 Å². The highest BCUT2D eigenvalue weighted by Crippen LogP contribution is 2.11. The number of nitrogens with zero attached hydrogens (tertiary/aromatic N) is 1. The van der Waals surface area contributed by atoms with Gasteiger partial charge >= 0.3 is 12.0 Å². The van der Waals surface area contributed by atoms with Gasteiger partial charge in [0.1, 0.15) is 11.8 Å². The Kier molecular flexibility index (Phi) is 4.46. The maximum atomic E-state index is 11.2. The molecule has 94 valence electrons. The van der Waals surface area contributed by atoms with Crippen LogP contribution in [0.2, 0.25) is 0 Å². The number of carboxylic acids is 1. The topological polar surface area (TPSA) is 114 Å². The summed E-state index contributed by atoms with van der Waals surface area (Å²) in [6.45, 7) is 2.79. The van der Waals surface area contributed by atoms with Gasteiger partial charge in [0, 0.05) is 0 Å². The van der Waals surface area contributed by atoms with Crippen LogP contribution in [0.4, 0.5) is 4.79 Å². The maximum Gasteiger partial charge on any atom is 0.339 e. The van der Waals surface area contributed by atoms with E-state index in [9.17, 15) is 9.59 Å². The van der Waals surface area contributed by atoms with Crippen LogP contribution in [0.15, 0.2) is 10.6 Å². The van der Waals surface area contributed by atoms with Gasteiger partial charge in [-0.1, -0.05) is 0 Å². The van der Waals surface area contributed by atoms with E-state index in [1.54, 1.807) is 13.8 Å². The lowest BCUT2D eigenvalue weighted by Gasteiger charge is -2.10. The Labute approximate surface area is 96.9 Å². The lowest BCUT2D eigenvalue weighted by atomic mass is 10.3. The minimum absolute atomic E-state index is 0.357. The Hall–Kier alpha value is -2.09. The number of carbonyl (C=O) groups excluding carboxylic acids is 1. The number of aromatic nitrogens is 1. The van der Waals surface area contributed by atoms with E-state index in [-0.39, 0.29) is 0 Å². The summed E-state index contributed by atoms with van der Waals surface area (Å²) in [4.78, 5) is 29.6. The molecule has 0 spiro atoms. The zero-order valence-corrected chi connectivity index (χ0v) is 9.39. The van der Waals surface area contributed by atoms with Crippen molar-refractivity contribution in [1.29, 1.82) is 0 Å². The van der Waals surface area contributed by atoms with Gasteiger partial charge in [0.25, 0.3) is 0 Å². The molecule has 8 nitrogen and oxygen atoms in total. The van der Waals surface area contributed by atoms with E-state index >= 15 is 0 Å². The molecule has 0 fully saturated rings. The number of nitrogens with one attached hydrogen (secondary N) is 2. The van der Waals surface area contributed by atoms with Gasteiger partial charge in [0.2, 0.25) is 5.89 Å². The quantitative estimate of drug-likeness (QED) is 0.643. The van der Waals surface area contributed by atoms with E-state index in [2.05, 4.69) is 15.1 Å². The highest BCUT2D eigenvalue weighted by Gasteiger charge is 2.14. The van der Waals surface area contributed by atoms with Crippen molar-refractivity contribution in [3.05, 3.63) is 17.8 Å². The van der Waals surface area contributed by atoms with Crippen molar-refractivity contribution >= 4 is 12.0 Å². The van der Waals surface area contributed by atoms with Gasteiger partial charge in [-0.3, -0.25) is 4.84 Å². The molecule has 3 N–H and O–H groups in total. The van der Waals surface area contributed by atoms with Crippen molar-refractivity contribution in [1.82, 2.24) is 15.8 Å². The van der Waals surface area contributed by atoms with E-state index in [1.165, 1.54) is 6.20 Å². The molecule has 0 saturated carbocycles. The number of carboxylic acid groups (broad SMARTS) is 1. The number of rotatable bonds is 5. The third-order valence-electron chi connectivity index (χ3n) is 1.72. The summed E-state index contributed by atoms with van der Waals surface area (Å²) < 4.78 is 5.20. The van der Waals surface area contributed by atoms with E-state index in [0.717, 1.165) is 0 Å². The number of aryl methyl sites for hydroxylation is 1. The summed E-state index contributed by atoms with van der Waals surface area (Å²) >= 11 is 0. The molecular weight excluding hydrogens is 230 g/mol. The first-order valence-corrected chi connectivity index (χ1v) is 4.81. The Balaban J connectivity index is 2.33. The average molecular weight is 243 g/mol. The minimum atomic E-state index is -1.18. The van der Waals surface area contributed by atoms with E-state index in [4.69, 9.17) is 9.52 Å². The van der Waals surface area contributed by atoms with E-state index < -0.39 is 24.6 Å². The van der Waals surface area contributed by atoms with Crippen LogP contribution in [0.25, 0.3) is 0 Å². The molecular formula is C9H13N3O5. The van der Waals surface area contributed by atoms with E-state index in [1.807, 2.05) is 5.48 Å². The largest absolute Gasteiger partial charge is 0.479 e.